The van der Waals surface area contributed by atoms with Crippen LogP contribution in [0.2, 0.25) is 0 Å². The van der Waals surface area contributed by atoms with Gasteiger partial charge < -0.3 is 28.1 Å². The molecule has 6 rings (SSSR count). The Morgan fingerprint density at radius 2 is 2.19 bits per heavy atom. The molecule has 31 heavy (non-hydrogen) atoms. The van der Waals surface area contributed by atoms with Gasteiger partial charge >= 0.3 is 5.97 Å². The summed E-state index contributed by atoms with van der Waals surface area (Å²) >= 11 is 0. The van der Waals surface area contributed by atoms with Crippen LogP contribution in [0.4, 0.5) is 0 Å². The van der Waals surface area contributed by atoms with Crippen molar-refractivity contribution in [1.29, 1.82) is 0 Å². The second-order valence-corrected chi connectivity index (χ2v) is 8.29. The molecule has 4 heterocycles. The molecule has 5 atom stereocenters. The van der Waals surface area contributed by atoms with E-state index in [1.165, 1.54) is 6.26 Å². The second kappa shape index (κ2) is 6.77. The lowest BCUT2D eigenvalue weighted by molar-refractivity contribution is 0.0155. The third-order valence-electron chi connectivity index (χ3n) is 7.00. The van der Waals surface area contributed by atoms with Gasteiger partial charge in [0.25, 0.3) is 0 Å². The fraction of sp³-hybridized carbons (Fsp3) is 0.435. The summed E-state index contributed by atoms with van der Waals surface area (Å²) in [4.78, 5) is 15.2. The van der Waals surface area contributed by atoms with Crippen LogP contribution in [0.1, 0.15) is 28.1 Å². The predicted octanol–water partition coefficient (Wildman–Crippen LogP) is 2.65. The van der Waals surface area contributed by atoms with E-state index in [2.05, 4.69) is 17.1 Å². The third kappa shape index (κ3) is 2.52. The summed E-state index contributed by atoms with van der Waals surface area (Å²) in [5.41, 5.74) is 1.55. The van der Waals surface area contributed by atoms with E-state index < -0.39 is 17.5 Å². The Kier molecular flexibility index (Phi) is 4.10. The van der Waals surface area contributed by atoms with Gasteiger partial charge in [0.15, 0.2) is 11.5 Å². The molecular weight excluding hydrogens is 402 g/mol. The lowest BCUT2D eigenvalue weighted by atomic mass is 9.65. The molecule has 0 radical (unpaired) electrons. The number of fused-ring (bicyclic) bond motifs is 2. The van der Waals surface area contributed by atoms with Crippen LogP contribution < -0.4 is 14.2 Å². The third-order valence-corrected chi connectivity index (χ3v) is 7.00. The van der Waals surface area contributed by atoms with Crippen molar-refractivity contribution in [2.24, 2.45) is 0 Å². The molecule has 0 amide bonds. The fourth-order valence-corrected chi connectivity index (χ4v) is 5.66. The smallest absolute Gasteiger partial charge is 0.374 e. The Hall–Kier alpha value is -2.97. The van der Waals surface area contributed by atoms with Crippen LogP contribution in [0.15, 0.2) is 41.0 Å². The first-order chi connectivity index (χ1) is 15.2. The van der Waals surface area contributed by atoms with E-state index in [1.807, 2.05) is 6.07 Å². The molecule has 3 aliphatic heterocycles. The van der Waals surface area contributed by atoms with Crippen molar-refractivity contribution in [2.75, 3.05) is 27.6 Å². The first-order valence-electron chi connectivity index (χ1n) is 10.4. The zero-order chi connectivity index (χ0) is 21.2. The van der Waals surface area contributed by atoms with Gasteiger partial charge in [-0.1, -0.05) is 12.2 Å². The SMILES string of the molecule is COc1c2c(cc3c1OCO3)[C@]13C=C[C@H](OC)C[C@@H]1N(C2)C[C@H]3OC(=O)c1ccco1. The van der Waals surface area contributed by atoms with E-state index in [0.717, 1.165) is 17.5 Å². The largest absolute Gasteiger partial charge is 0.492 e. The van der Waals surface area contributed by atoms with Crippen molar-refractivity contribution in [3.05, 3.63) is 53.5 Å². The number of carbonyl (C=O) groups is 1. The molecule has 4 aliphatic rings. The summed E-state index contributed by atoms with van der Waals surface area (Å²) in [5, 5.41) is 0. The number of nitrogens with zero attached hydrogens (tertiary/aromatic N) is 1. The van der Waals surface area contributed by atoms with Crippen LogP contribution in [0.5, 0.6) is 17.2 Å². The molecule has 8 nitrogen and oxygen atoms in total. The van der Waals surface area contributed by atoms with Crippen molar-refractivity contribution in [3.63, 3.8) is 0 Å². The summed E-state index contributed by atoms with van der Waals surface area (Å²) in [6, 6.07) is 5.44. The highest BCUT2D eigenvalue weighted by Gasteiger charge is 2.61. The van der Waals surface area contributed by atoms with Crippen LogP contribution in [0.25, 0.3) is 0 Å². The van der Waals surface area contributed by atoms with Gasteiger partial charge in [0, 0.05) is 31.8 Å². The van der Waals surface area contributed by atoms with Crippen molar-refractivity contribution < 1.29 is 32.9 Å². The Balaban J connectivity index is 1.51. The number of furan rings is 1. The number of hydrogen-bond acceptors (Lipinski definition) is 8. The van der Waals surface area contributed by atoms with E-state index in [0.29, 0.717) is 30.3 Å². The molecule has 1 aliphatic carbocycles. The summed E-state index contributed by atoms with van der Waals surface area (Å²) in [7, 11) is 3.36. The monoisotopic (exact) mass is 425 g/mol. The number of benzene rings is 1. The molecule has 1 aromatic heterocycles. The van der Waals surface area contributed by atoms with Crippen LogP contribution in [-0.2, 0) is 21.4 Å². The highest BCUT2D eigenvalue weighted by Crippen LogP contribution is 2.57. The lowest BCUT2D eigenvalue weighted by Gasteiger charge is -2.46. The van der Waals surface area contributed by atoms with Gasteiger partial charge in [0.05, 0.1) is 24.9 Å². The topological polar surface area (TPSA) is 79.6 Å². The van der Waals surface area contributed by atoms with Gasteiger partial charge in [-0.3, -0.25) is 4.90 Å². The van der Waals surface area contributed by atoms with Gasteiger partial charge in [0.1, 0.15) is 6.10 Å². The Morgan fingerprint density at radius 1 is 1.29 bits per heavy atom. The molecule has 2 bridgehead atoms. The van der Waals surface area contributed by atoms with Crippen molar-refractivity contribution in [2.45, 2.75) is 36.6 Å². The molecule has 2 aromatic rings. The molecule has 1 fully saturated rings. The van der Waals surface area contributed by atoms with Crippen LogP contribution in [-0.4, -0.2) is 56.7 Å². The maximum absolute atomic E-state index is 12.8. The Morgan fingerprint density at radius 3 is 2.97 bits per heavy atom. The minimum Gasteiger partial charge on any atom is -0.492 e. The quantitative estimate of drug-likeness (QED) is 0.547. The van der Waals surface area contributed by atoms with Gasteiger partial charge in [-0.25, -0.2) is 4.79 Å². The van der Waals surface area contributed by atoms with E-state index in [1.54, 1.807) is 26.4 Å². The number of methoxy groups -OCH3 is 2. The molecule has 0 saturated carbocycles. The van der Waals surface area contributed by atoms with Gasteiger partial charge in [-0.05, 0) is 30.2 Å². The molecule has 0 spiro atoms. The van der Waals surface area contributed by atoms with Crippen molar-refractivity contribution in [1.82, 2.24) is 4.90 Å². The minimum atomic E-state index is -0.543. The fourth-order valence-electron chi connectivity index (χ4n) is 5.66. The maximum Gasteiger partial charge on any atom is 0.374 e. The average molecular weight is 425 g/mol. The van der Waals surface area contributed by atoms with E-state index in [-0.39, 0.29) is 24.7 Å². The van der Waals surface area contributed by atoms with Gasteiger partial charge in [0.2, 0.25) is 18.3 Å². The second-order valence-electron chi connectivity index (χ2n) is 8.29. The van der Waals surface area contributed by atoms with E-state index >= 15 is 0 Å². The summed E-state index contributed by atoms with van der Waals surface area (Å²) in [6.07, 6.45) is 6.11. The van der Waals surface area contributed by atoms with Crippen LogP contribution in [0, 0.1) is 0 Å². The first kappa shape index (κ1) is 18.8. The van der Waals surface area contributed by atoms with E-state index in [9.17, 15) is 4.79 Å². The predicted molar refractivity (Wildman–Crippen MR) is 107 cm³/mol. The van der Waals surface area contributed by atoms with Gasteiger partial charge in [-0.15, -0.1) is 0 Å². The average Bonchev–Trinajstić information content (AvgIpc) is 3.52. The maximum atomic E-state index is 12.8. The number of hydrogen-bond donors (Lipinski definition) is 0. The van der Waals surface area contributed by atoms with Gasteiger partial charge in [-0.2, -0.15) is 0 Å². The summed E-state index contributed by atoms with van der Waals surface area (Å²) < 4.78 is 34.2. The van der Waals surface area contributed by atoms with Crippen molar-refractivity contribution >= 4 is 5.97 Å². The highest BCUT2D eigenvalue weighted by atomic mass is 16.7. The molecule has 162 valence electrons. The first-order valence-corrected chi connectivity index (χ1v) is 10.4. The summed E-state index contributed by atoms with van der Waals surface area (Å²) in [6.45, 7) is 1.43. The van der Waals surface area contributed by atoms with Crippen LogP contribution in [0.3, 0.4) is 0 Å². The van der Waals surface area contributed by atoms with E-state index in [4.69, 9.17) is 28.1 Å². The molecule has 1 unspecified atom stereocenters. The molecule has 0 N–H and O–H groups in total. The van der Waals surface area contributed by atoms with Crippen LogP contribution >= 0.6 is 0 Å². The van der Waals surface area contributed by atoms with Crippen molar-refractivity contribution in [3.8, 4) is 17.2 Å². The zero-order valence-corrected chi connectivity index (χ0v) is 17.3. The highest BCUT2D eigenvalue weighted by molar-refractivity contribution is 5.86. The molecule has 1 saturated heterocycles. The normalized spacial score (nSPS) is 31.8. The molecule has 8 heteroatoms. The number of esters is 1. The molecule has 1 aromatic carbocycles. The Bertz CT molecular complexity index is 1060. The minimum absolute atomic E-state index is 0.0117. The molecular formula is C23H23NO7. The Labute approximate surface area is 179 Å². The lowest BCUT2D eigenvalue weighted by Crippen LogP contribution is -2.53. The summed E-state index contributed by atoms with van der Waals surface area (Å²) in [5.74, 6) is 1.71. The number of rotatable bonds is 4. The number of carbonyl (C=O) groups excluding carboxylic acids is 1. The zero-order valence-electron chi connectivity index (χ0n) is 17.3. The standard InChI is InChI=1S/C23H23NO7/c1-26-13-5-6-23-15-9-17-21(30-12-29-17)20(27-2)14(15)10-24(18(23)8-13)11-19(23)31-22(25)16-4-3-7-28-16/h3-7,9,13,18-19H,8,10-12H2,1-2H3/t13-,18-,19+,23+/m0/s1. The number of ether oxygens (including phenoxy) is 5.